The molecular formula is C22H27ClN2O2S. The summed E-state index contributed by atoms with van der Waals surface area (Å²) in [4.78, 5) is 27.1. The van der Waals surface area contributed by atoms with Crippen molar-refractivity contribution in [2.24, 2.45) is 0 Å². The highest BCUT2D eigenvalue weighted by Crippen LogP contribution is 2.20. The highest BCUT2D eigenvalue weighted by atomic mass is 35.5. The van der Waals surface area contributed by atoms with Crippen LogP contribution in [0.3, 0.4) is 0 Å². The number of carbonyl (C=O) groups is 2. The Kier molecular flexibility index (Phi) is 8.87. The maximum Gasteiger partial charge on any atom is 0.242 e. The van der Waals surface area contributed by atoms with E-state index < -0.39 is 6.04 Å². The molecule has 150 valence electrons. The predicted molar refractivity (Wildman–Crippen MR) is 117 cm³/mol. The second-order valence-corrected chi connectivity index (χ2v) is 8.03. The van der Waals surface area contributed by atoms with E-state index in [1.807, 2.05) is 62.4 Å². The molecule has 28 heavy (non-hydrogen) atoms. The first-order chi connectivity index (χ1) is 13.5. The Morgan fingerprint density at radius 1 is 1.18 bits per heavy atom. The first-order valence-electron chi connectivity index (χ1n) is 9.34. The van der Waals surface area contributed by atoms with Crippen LogP contribution in [0.4, 0.5) is 0 Å². The van der Waals surface area contributed by atoms with Crippen molar-refractivity contribution in [3.8, 4) is 0 Å². The third-order valence-corrected chi connectivity index (χ3v) is 5.84. The fourth-order valence-electron chi connectivity index (χ4n) is 3.02. The van der Waals surface area contributed by atoms with E-state index in [0.717, 1.165) is 16.7 Å². The summed E-state index contributed by atoms with van der Waals surface area (Å²) in [6.07, 6.45) is 0.566. The van der Waals surface area contributed by atoms with Crippen molar-refractivity contribution >= 4 is 35.2 Å². The van der Waals surface area contributed by atoms with Gasteiger partial charge in [-0.1, -0.05) is 54.9 Å². The molecule has 0 unspecified atom stereocenters. The summed E-state index contributed by atoms with van der Waals surface area (Å²) in [5, 5.41) is 3.38. The van der Waals surface area contributed by atoms with Gasteiger partial charge in [-0.3, -0.25) is 9.59 Å². The first kappa shape index (κ1) is 22.3. The zero-order valence-electron chi connectivity index (χ0n) is 16.6. The van der Waals surface area contributed by atoms with Crippen molar-refractivity contribution in [2.45, 2.75) is 38.6 Å². The van der Waals surface area contributed by atoms with Gasteiger partial charge in [0.15, 0.2) is 0 Å². The number of hydrogen-bond acceptors (Lipinski definition) is 3. The number of carbonyl (C=O) groups excluding carboxylic acids is 2. The molecule has 6 heteroatoms. The molecule has 0 bridgehead atoms. The Morgan fingerprint density at radius 3 is 2.57 bits per heavy atom. The van der Waals surface area contributed by atoms with E-state index in [1.54, 1.807) is 11.9 Å². The molecule has 0 saturated carbocycles. The predicted octanol–water partition coefficient (Wildman–Crippen LogP) is 4.44. The Hall–Kier alpha value is -1.98. The van der Waals surface area contributed by atoms with Crippen LogP contribution in [0.2, 0.25) is 5.02 Å². The minimum atomic E-state index is -0.483. The fourth-order valence-corrected chi connectivity index (χ4v) is 4.09. The molecule has 0 saturated heterocycles. The summed E-state index contributed by atoms with van der Waals surface area (Å²) in [6.45, 7) is 4.37. The SMILES string of the molecule is CC[C@@H](C(=O)NC)N(Cc1ccccc1C)C(=O)CSCc1cccc(Cl)c1. The lowest BCUT2D eigenvalue weighted by atomic mass is 10.1. The van der Waals surface area contributed by atoms with Crippen molar-refractivity contribution in [1.82, 2.24) is 10.2 Å². The lowest BCUT2D eigenvalue weighted by Gasteiger charge is -2.30. The highest BCUT2D eigenvalue weighted by Gasteiger charge is 2.28. The number of nitrogens with one attached hydrogen (secondary N) is 1. The number of rotatable bonds is 9. The molecule has 0 radical (unpaired) electrons. The fraction of sp³-hybridized carbons (Fsp3) is 0.364. The molecule has 4 nitrogen and oxygen atoms in total. The number of likely N-dealkylation sites (N-methyl/N-ethyl adjacent to an activating group) is 1. The number of thioether (sulfide) groups is 1. The van der Waals surface area contributed by atoms with Crippen LogP contribution in [-0.4, -0.2) is 35.6 Å². The van der Waals surface area contributed by atoms with Crippen LogP contribution in [0, 0.1) is 6.92 Å². The minimum absolute atomic E-state index is 0.0364. The van der Waals surface area contributed by atoms with Gasteiger partial charge in [-0.25, -0.2) is 0 Å². The molecule has 2 amide bonds. The quantitative estimate of drug-likeness (QED) is 0.655. The highest BCUT2D eigenvalue weighted by molar-refractivity contribution is 7.99. The van der Waals surface area contributed by atoms with Gasteiger partial charge in [-0.15, -0.1) is 11.8 Å². The van der Waals surface area contributed by atoms with Gasteiger partial charge in [0.1, 0.15) is 6.04 Å². The second kappa shape index (κ2) is 11.1. The van der Waals surface area contributed by atoms with Gasteiger partial charge in [-0.2, -0.15) is 0 Å². The van der Waals surface area contributed by atoms with Gasteiger partial charge in [0.25, 0.3) is 0 Å². The summed E-state index contributed by atoms with van der Waals surface area (Å²) >= 11 is 7.56. The Morgan fingerprint density at radius 2 is 1.93 bits per heavy atom. The molecule has 0 aliphatic rings. The van der Waals surface area contributed by atoms with E-state index >= 15 is 0 Å². The lowest BCUT2D eigenvalue weighted by molar-refractivity contribution is -0.139. The number of nitrogens with zero attached hydrogens (tertiary/aromatic N) is 1. The first-order valence-corrected chi connectivity index (χ1v) is 10.9. The van der Waals surface area contributed by atoms with Crippen molar-refractivity contribution < 1.29 is 9.59 Å². The molecule has 0 aliphatic carbocycles. The Labute approximate surface area is 176 Å². The van der Waals surface area contributed by atoms with Crippen LogP contribution in [0.25, 0.3) is 0 Å². The number of halogens is 1. The van der Waals surface area contributed by atoms with E-state index in [9.17, 15) is 9.59 Å². The molecule has 2 aromatic rings. The van der Waals surface area contributed by atoms with Crippen LogP contribution in [0.15, 0.2) is 48.5 Å². The molecule has 0 heterocycles. The molecular weight excluding hydrogens is 392 g/mol. The van der Waals surface area contributed by atoms with Crippen LogP contribution in [0.1, 0.15) is 30.0 Å². The van der Waals surface area contributed by atoms with E-state index in [0.29, 0.717) is 29.5 Å². The summed E-state index contributed by atoms with van der Waals surface area (Å²) in [6, 6.07) is 15.1. The molecule has 0 fully saturated rings. The van der Waals surface area contributed by atoms with Crippen LogP contribution in [0.5, 0.6) is 0 Å². The summed E-state index contributed by atoms with van der Waals surface area (Å²) in [5.74, 6) is 0.836. The Balaban J connectivity index is 2.11. The van der Waals surface area contributed by atoms with Gasteiger partial charge >= 0.3 is 0 Å². The van der Waals surface area contributed by atoms with Gasteiger partial charge in [-0.05, 0) is 42.2 Å². The van der Waals surface area contributed by atoms with Gasteiger partial charge in [0, 0.05) is 24.4 Å². The van der Waals surface area contributed by atoms with E-state index in [1.165, 1.54) is 11.8 Å². The third kappa shape index (κ3) is 6.28. The maximum absolute atomic E-state index is 13.0. The molecule has 2 aromatic carbocycles. The molecule has 0 aliphatic heterocycles. The van der Waals surface area contributed by atoms with Crippen molar-refractivity contribution in [3.05, 3.63) is 70.2 Å². The van der Waals surface area contributed by atoms with Crippen LogP contribution < -0.4 is 5.32 Å². The second-order valence-electron chi connectivity index (χ2n) is 6.61. The van der Waals surface area contributed by atoms with Crippen molar-refractivity contribution in [1.29, 1.82) is 0 Å². The van der Waals surface area contributed by atoms with E-state index in [-0.39, 0.29) is 11.8 Å². The van der Waals surface area contributed by atoms with Gasteiger partial charge in [0.2, 0.25) is 11.8 Å². The summed E-state index contributed by atoms with van der Waals surface area (Å²) in [5.41, 5.74) is 3.24. The average Bonchev–Trinajstić information content (AvgIpc) is 2.69. The summed E-state index contributed by atoms with van der Waals surface area (Å²) < 4.78 is 0. The lowest BCUT2D eigenvalue weighted by Crippen LogP contribution is -2.48. The maximum atomic E-state index is 13.0. The molecule has 1 atom stereocenters. The van der Waals surface area contributed by atoms with Gasteiger partial charge < -0.3 is 10.2 Å². The standard InChI is InChI=1S/C22H27ClN2O2S/c1-4-20(22(27)24-3)25(13-18-10-6-5-8-16(18)2)21(26)15-28-14-17-9-7-11-19(23)12-17/h5-12,20H,4,13-15H2,1-3H3,(H,24,27)/t20-/m0/s1. The zero-order chi connectivity index (χ0) is 20.5. The van der Waals surface area contributed by atoms with Crippen LogP contribution >= 0.6 is 23.4 Å². The van der Waals surface area contributed by atoms with Gasteiger partial charge in [0.05, 0.1) is 5.75 Å². The molecule has 0 aromatic heterocycles. The van der Waals surface area contributed by atoms with E-state index in [4.69, 9.17) is 11.6 Å². The zero-order valence-corrected chi connectivity index (χ0v) is 18.1. The summed E-state index contributed by atoms with van der Waals surface area (Å²) in [7, 11) is 1.61. The molecule has 1 N–H and O–H groups in total. The third-order valence-electron chi connectivity index (χ3n) is 4.62. The number of amides is 2. The number of aryl methyl sites for hydroxylation is 1. The number of hydrogen-bond donors (Lipinski definition) is 1. The smallest absolute Gasteiger partial charge is 0.242 e. The topological polar surface area (TPSA) is 49.4 Å². The van der Waals surface area contributed by atoms with Crippen LogP contribution in [-0.2, 0) is 21.9 Å². The monoisotopic (exact) mass is 418 g/mol. The van der Waals surface area contributed by atoms with E-state index in [2.05, 4.69) is 5.32 Å². The average molecular weight is 419 g/mol. The van der Waals surface area contributed by atoms with Crippen molar-refractivity contribution in [2.75, 3.05) is 12.8 Å². The Bertz CT molecular complexity index is 813. The minimum Gasteiger partial charge on any atom is -0.357 e. The van der Waals surface area contributed by atoms with Crippen molar-refractivity contribution in [3.63, 3.8) is 0 Å². The number of benzene rings is 2. The normalized spacial score (nSPS) is 11.7. The largest absolute Gasteiger partial charge is 0.357 e. The molecule has 0 spiro atoms. The molecule has 2 rings (SSSR count).